The highest BCUT2D eigenvalue weighted by atomic mass is 35.5. The van der Waals surface area contributed by atoms with E-state index in [0.717, 1.165) is 4.90 Å². The minimum atomic E-state index is 0.0532. The molecule has 2 aromatic rings. The maximum Gasteiger partial charge on any atom is 0.229 e. The standard InChI is InChI=1S/C13H16ClN5S/c1-8(20-10-6-4-5-9(14)7-10)11-16-12(15)18-13(17-11)19(2)3/h4-8H,1-3H3,(H2,15,16,17,18). The van der Waals surface area contributed by atoms with Crippen molar-refractivity contribution in [2.24, 2.45) is 0 Å². The van der Waals surface area contributed by atoms with E-state index in [1.54, 1.807) is 16.7 Å². The van der Waals surface area contributed by atoms with E-state index in [0.29, 0.717) is 16.8 Å². The predicted molar refractivity (Wildman–Crippen MR) is 84.3 cm³/mol. The Morgan fingerprint density at radius 3 is 2.65 bits per heavy atom. The molecule has 0 aliphatic rings. The Bertz CT molecular complexity index is 605. The average Bonchev–Trinajstić information content (AvgIpc) is 2.37. The quantitative estimate of drug-likeness (QED) is 0.876. The summed E-state index contributed by atoms with van der Waals surface area (Å²) in [6.07, 6.45) is 0. The van der Waals surface area contributed by atoms with Crippen LogP contribution in [0.25, 0.3) is 0 Å². The molecule has 7 heteroatoms. The molecule has 0 aliphatic carbocycles. The van der Waals surface area contributed by atoms with Gasteiger partial charge in [-0.3, -0.25) is 0 Å². The largest absolute Gasteiger partial charge is 0.368 e. The van der Waals surface area contributed by atoms with Gasteiger partial charge in [0.1, 0.15) is 5.82 Å². The Morgan fingerprint density at radius 2 is 2.00 bits per heavy atom. The van der Waals surface area contributed by atoms with Gasteiger partial charge >= 0.3 is 0 Å². The molecular formula is C13H16ClN5S. The molecule has 0 fully saturated rings. The lowest BCUT2D eigenvalue weighted by molar-refractivity contribution is 0.865. The number of thioether (sulfide) groups is 1. The molecule has 0 spiro atoms. The normalized spacial score (nSPS) is 12.2. The van der Waals surface area contributed by atoms with Gasteiger partial charge in [0.2, 0.25) is 11.9 Å². The van der Waals surface area contributed by atoms with Crippen molar-refractivity contribution in [2.45, 2.75) is 17.1 Å². The van der Waals surface area contributed by atoms with Crippen LogP contribution in [-0.2, 0) is 0 Å². The molecule has 2 N–H and O–H groups in total. The van der Waals surface area contributed by atoms with E-state index in [1.165, 1.54) is 0 Å². The second-order valence-corrected chi connectivity index (χ2v) is 6.31. The number of anilines is 2. The second-order valence-electron chi connectivity index (χ2n) is 4.46. The molecule has 106 valence electrons. The lowest BCUT2D eigenvalue weighted by atomic mass is 10.4. The summed E-state index contributed by atoms with van der Waals surface area (Å²) < 4.78 is 0. The van der Waals surface area contributed by atoms with Gasteiger partial charge in [-0.1, -0.05) is 17.7 Å². The van der Waals surface area contributed by atoms with Crippen molar-refractivity contribution in [1.82, 2.24) is 15.0 Å². The van der Waals surface area contributed by atoms with Crippen molar-refractivity contribution in [2.75, 3.05) is 24.7 Å². The molecule has 0 saturated heterocycles. The molecule has 1 unspecified atom stereocenters. The van der Waals surface area contributed by atoms with Crippen molar-refractivity contribution in [3.8, 4) is 0 Å². The van der Waals surface area contributed by atoms with Gasteiger partial charge in [0.25, 0.3) is 0 Å². The fourth-order valence-electron chi connectivity index (χ4n) is 1.58. The lowest BCUT2D eigenvalue weighted by Gasteiger charge is -2.14. The van der Waals surface area contributed by atoms with E-state index in [9.17, 15) is 0 Å². The first-order valence-electron chi connectivity index (χ1n) is 6.06. The van der Waals surface area contributed by atoms with Crippen LogP contribution in [0.4, 0.5) is 11.9 Å². The van der Waals surface area contributed by atoms with Crippen LogP contribution < -0.4 is 10.6 Å². The summed E-state index contributed by atoms with van der Waals surface area (Å²) in [7, 11) is 3.74. The van der Waals surface area contributed by atoms with Gasteiger partial charge in [-0.2, -0.15) is 15.0 Å². The zero-order chi connectivity index (χ0) is 14.7. The maximum absolute atomic E-state index is 5.99. The van der Waals surface area contributed by atoms with Crippen LogP contribution in [0.1, 0.15) is 18.0 Å². The van der Waals surface area contributed by atoms with Crippen molar-refractivity contribution in [1.29, 1.82) is 0 Å². The molecule has 2 rings (SSSR count). The minimum absolute atomic E-state index is 0.0532. The van der Waals surface area contributed by atoms with E-state index in [2.05, 4.69) is 15.0 Å². The third-order valence-corrected chi connectivity index (χ3v) is 3.86. The van der Waals surface area contributed by atoms with Crippen LogP contribution in [0, 0.1) is 0 Å². The fraction of sp³-hybridized carbons (Fsp3) is 0.308. The number of halogens is 1. The van der Waals surface area contributed by atoms with E-state index in [-0.39, 0.29) is 11.2 Å². The topological polar surface area (TPSA) is 67.9 Å². The van der Waals surface area contributed by atoms with Crippen LogP contribution in [0.3, 0.4) is 0 Å². The van der Waals surface area contributed by atoms with Crippen LogP contribution in [0.2, 0.25) is 5.02 Å². The summed E-state index contributed by atoms with van der Waals surface area (Å²) >= 11 is 7.61. The first kappa shape index (κ1) is 14.9. The Morgan fingerprint density at radius 1 is 1.25 bits per heavy atom. The highest BCUT2D eigenvalue weighted by molar-refractivity contribution is 7.99. The maximum atomic E-state index is 5.99. The highest BCUT2D eigenvalue weighted by Crippen LogP contribution is 2.34. The van der Waals surface area contributed by atoms with Crippen molar-refractivity contribution < 1.29 is 0 Å². The number of hydrogen-bond acceptors (Lipinski definition) is 6. The van der Waals surface area contributed by atoms with Crippen LogP contribution >= 0.6 is 23.4 Å². The summed E-state index contributed by atoms with van der Waals surface area (Å²) in [5, 5.41) is 0.767. The van der Waals surface area contributed by atoms with E-state index in [4.69, 9.17) is 17.3 Å². The van der Waals surface area contributed by atoms with Crippen LogP contribution in [-0.4, -0.2) is 29.0 Å². The lowest BCUT2D eigenvalue weighted by Crippen LogP contribution is -2.16. The Kier molecular flexibility index (Phi) is 4.67. The Labute approximate surface area is 127 Å². The third-order valence-electron chi connectivity index (χ3n) is 2.53. The average molecular weight is 310 g/mol. The third kappa shape index (κ3) is 3.74. The number of nitrogens with zero attached hydrogens (tertiary/aromatic N) is 4. The smallest absolute Gasteiger partial charge is 0.229 e. The molecule has 20 heavy (non-hydrogen) atoms. The first-order chi connectivity index (χ1) is 9.45. The highest BCUT2D eigenvalue weighted by Gasteiger charge is 2.14. The van der Waals surface area contributed by atoms with E-state index < -0.39 is 0 Å². The first-order valence-corrected chi connectivity index (χ1v) is 7.32. The van der Waals surface area contributed by atoms with Crippen molar-refractivity contribution in [3.05, 3.63) is 35.1 Å². The molecular weight excluding hydrogens is 294 g/mol. The zero-order valence-electron chi connectivity index (χ0n) is 11.5. The molecule has 0 saturated carbocycles. The Balaban J connectivity index is 2.22. The summed E-state index contributed by atoms with van der Waals surface area (Å²) in [6.45, 7) is 2.03. The number of rotatable bonds is 4. The zero-order valence-corrected chi connectivity index (χ0v) is 13.1. The number of nitrogens with two attached hydrogens (primary N) is 1. The molecule has 0 aliphatic heterocycles. The fourth-order valence-corrected chi connectivity index (χ4v) is 2.80. The molecule has 1 heterocycles. The number of aromatic nitrogens is 3. The minimum Gasteiger partial charge on any atom is -0.368 e. The van der Waals surface area contributed by atoms with Crippen molar-refractivity contribution >= 4 is 35.3 Å². The molecule has 5 nitrogen and oxygen atoms in total. The van der Waals surface area contributed by atoms with Gasteiger partial charge in [0, 0.05) is 24.0 Å². The molecule has 0 radical (unpaired) electrons. The summed E-state index contributed by atoms with van der Waals surface area (Å²) in [5.74, 6) is 1.45. The summed E-state index contributed by atoms with van der Waals surface area (Å²) in [6, 6.07) is 7.69. The van der Waals surface area contributed by atoms with Gasteiger partial charge in [0.05, 0.1) is 5.25 Å². The van der Waals surface area contributed by atoms with Crippen LogP contribution in [0.5, 0.6) is 0 Å². The van der Waals surface area contributed by atoms with Crippen molar-refractivity contribution in [3.63, 3.8) is 0 Å². The van der Waals surface area contributed by atoms with E-state index in [1.807, 2.05) is 45.3 Å². The molecule has 1 aromatic heterocycles. The Hall–Kier alpha value is -1.53. The number of hydrogen-bond donors (Lipinski definition) is 1. The van der Waals surface area contributed by atoms with Gasteiger partial charge in [-0.05, 0) is 25.1 Å². The van der Waals surface area contributed by atoms with Gasteiger partial charge < -0.3 is 10.6 Å². The SMILES string of the molecule is CC(Sc1cccc(Cl)c1)c1nc(N)nc(N(C)C)n1. The van der Waals surface area contributed by atoms with Gasteiger partial charge in [-0.25, -0.2) is 0 Å². The number of nitrogen functional groups attached to an aromatic ring is 1. The number of benzene rings is 1. The van der Waals surface area contributed by atoms with E-state index >= 15 is 0 Å². The monoisotopic (exact) mass is 309 g/mol. The second kappa shape index (κ2) is 6.28. The molecule has 0 bridgehead atoms. The predicted octanol–water partition coefficient (Wildman–Crippen LogP) is 3.03. The molecule has 1 aromatic carbocycles. The van der Waals surface area contributed by atoms with Gasteiger partial charge in [0.15, 0.2) is 0 Å². The van der Waals surface area contributed by atoms with Gasteiger partial charge in [-0.15, -0.1) is 11.8 Å². The van der Waals surface area contributed by atoms with Crippen LogP contribution in [0.15, 0.2) is 29.2 Å². The molecule has 0 amide bonds. The molecule has 1 atom stereocenters. The summed E-state index contributed by atoms with van der Waals surface area (Å²) in [5.41, 5.74) is 5.73. The summed E-state index contributed by atoms with van der Waals surface area (Å²) in [4.78, 5) is 15.6.